The first-order valence-corrected chi connectivity index (χ1v) is 11.0. The zero-order chi connectivity index (χ0) is 26.1. The molecule has 2 aromatic carbocycles. The predicted octanol–water partition coefficient (Wildman–Crippen LogP) is -0.709. The molecule has 1 aliphatic rings. The summed E-state index contributed by atoms with van der Waals surface area (Å²) in [6.07, 6.45) is -0.297. The van der Waals surface area contributed by atoms with E-state index in [1.165, 1.54) is 19.2 Å². The lowest BCUT2D eigenvalue weighted by Crippen LogP contribution is -2.49. The van der Waals surface area contributed by atoms with Crippen molar-refractivity contribution in [2.24, 2.45) is 11.5 Å². The van der Waals surface area contributed by atoms with Gasteiger partial charge in [0.15, 0.2) is 0 Å². The average Bonchev–Trinajstić information content (AvgIpc) is 2.84. The number of benzene rings is 2. The Labute approximate surface area is 203 Å². The van der Waals surface area contributed by atoms with Crippen LogP contribution in [0.2, 0.25) is 0 Å². The predicted molar refractivity (Wildman–Crippen MR) is 128 cm³/mol. The zero-order valence-corrected chi connectivity index (χ0v) is 19.7. The number of nitrogens with one attached hydrogen (secondary N) is 2. The Kier molecular flexibility index (Phi) is 10.0. The van der Waals surface area contributed by atoms with E-state index in [0.717, 1.165) is 5.56 Å². The lowest BCUT2D eigenvalue weighted by atomic mass is 9.95. The number of amides is 2. The van der Waals surface area contributed by atoms with E-state index in [1.807, 2.05) is 0 Å². The Balaban J connectivity index is 0.000000784. The molecule has 0 radical (unpaired) electrons. The molecule has 11 heteroatoms. The second kappa shape index (κ2) is 12.7. The van der Waals surface area contributed by atoms with Crippen LogP contribution in [0, 0.1) is 0 Å². The molecule has 11 nitrogen and oxygen atoms in total. The van der Waals surface area contributed by atoms with Gasteiger partial charge < -0.3 is 42.2 Å². The van der Waals surface area contributed by atoms with Gasteiger partial charge in [-0.15, -0.1) is 0 Å². The molecule has 0 saturated carbocycles. The van der Waals surface area contributed by atoms with Gasteiger partial charge >= 0.3 is 5.97 Å². The van der Waals surface area contributed by atoms with Crippen LogP contribution < -0.4 is 22.1 Å². The molecule has 0 spiro atoms. The number of nitrogens with two attached hydrogens (primary N) is 2. The number of hydrogen-bond donors (Lipinski definition) is 7. The quantitative estimate of drug-likeness (QED) is 0.267. The van der Waals surface area contributed by atoms with Crippen LogP contribution in [0.1, 0.15) is 18.1 Å². The third-order valence-electron chi connectivity index (χ3n) is 5.28. The fraction of sp³-hybridized carbons (Fsp3) is 0.375. The van der Waals surface area contributed by atoms with Gasteiger partial charge in [0, 0.05) is 19.4 Å². The van der Waals surface area contributed by atoms with Gasteiger partial charge in [-0.1, -0.05) is 12.1 Å². The Bertz CT molecular complexity index is 1060. The number of hydrogen-bond acceptors (Lipinski definition) is 9. The third kappa shape index (κ3) is 7.95. The minimum atomic E-state index is -1.06. The molecule has 3 rings (SSSR count). The van der Waals surface area contributed by atoms with Crippen molar-refractivity contribution >= 4 is 17.8 Å². The van der Waals surface area contributed by atoms with E-state index < -0.39 is 36.4 Å². The third-order valence-corrected chi connectivity index (χ3v) is 5.28. The van der Waals surface area contributed by atoms with Gasteiger partial charge in [0.2, 0.25) is 11.8 Å². The maximum absolute atomic E-state index is 12.2. The van der Waals surface area contributed by atoms with E-state index in [1.54, 1.807) is 31.2 Å². The Morgan fingerprint density at radius 3 is 2.09 bits per heavy atom. The van der Waals surface area contributed by atoms with Gasteiger partial charge in [0.25, 0.3) is 0 Å². The molecule has 0 fully saturated rings. The summed E-state index contributed by atoms with van der Waals surface area (Å²) in [7, 11) is 1.19. The van der Waals surface area contributed by atoms with E-state index in [4.69, 9.17) is 21.3 Å². The molecule has 2 unspecified atom stereocenters. The summed E-state index contributed by atoms with van der Waals surface area (Å²) in [6, 6.07) is 7.72. The Morgan fingerprint density at radius 2 is 1.60 bits per heavy atom. The summed E-state index contributed by atoms with van der Waals surface area (Å²) >= 11 is 0. The molecule has 190 valence electrons. The van der Waals surface area contributed by atoms with E-state index in [2.05, 4.69) is 10.6 Å². The van der Waals surface area contributed by atoms with Gasteiger partial charge in [-0.2, -0.15) is 0 Å². The SMILES string of the molecule is CC(O)CN.COC(=O)[C@@H]1Cc2cc(ccc2O)-c2ccc(O)c(c2)CC(N)C(=O)NCC(=O)N1. The first-order valence-electron chi connectivity index (χ1n) is 11.0. The summed E-state index contributed by atoms with van der Waals surface area (Å²) in [4.78, 5) is 36.6. The topological polar surface area (TPSA) is 197 Å². The molecule has 4 bridgehead atoms. The first kappa shape index (κ1) is 27.6. The van der Waals surface area contributed by atoms with Crippen molar-refractivity contribution in [1.29, 1.82) is 0 Å². The van der Waals surface area contributed by atoms with E-state index in [0.29, 0.717) is 23.2 Å². The van der Waals surface area contributed by atoms with Crippen LogP contribution in [0.15, 0.2) is 36.4 Å². The van der Waals surface area contributed by atoms with Gasteiger partial charge in [0.1, 0.15) is 17.5 Å². The highest BCUT2D eigenvalue weighted by molar-refractivity contribution is 5.90. The second-order valence-corrected chi connectivity index (χ2v) is 8.15. The van der Waals surface area contributed by atoms with Crippen molar-refractivity contribution in [2.45, 2.75) is 38.0 Å². The summed E-state index contributed by atoms with van der Waals surface area (Å²) in [5.74, 6) is -1.92. The van der Waals surface area contributed by atoms with Crippen molar-refractivity contribution in [3.8, 4) is 22.6 Å². The van der Waals surface area contributed by atoms with E-state index in [9.17, 15) is 24.6 Å². The van der Waals surface area contributed by atoms with Crippen LogP contribution >= 0.6 is 0 Å². The number of aromatic hydroxyl groups is 2. The number of aliphatic hydroxyl groups is 1. The maximum atomic E-state index is 12.2. The Hall–Kier alpha value is -3.67. The molecule has 9 N–H and O–H groups in total. The second-order valence-electron chi connectivity index (χ2n) is 8.15. The van der Waals surface area contributed by atoms with Crippen LogP contribution in [-0.4, -0.2) is 71.5 Å². The molecule has 0 aliphatic carbocycles. The number of esters is 1. The molecule has 35 heavy (non-hydrogen) atoms. The molecule has 2 amide bonds. The fourth-order valence-electron chi connectivity index (χ4n) is 3.29. The summed E-state index contributed by atoms with van der Waals surface area (Å²) in [5, 5.41) is 33.6. The molecule has 3 atom stereocenters. The lowest BCUT2D eigenvalue weighted by Gasteiger charge is -2.18. The maximum Gasteiger partial charge on any atom is 0.328 e. The van der Waals surface area contributed by atoms with Crippen LogP contribution in [0.25, 0.3) is 11.1 Å². The number of phenolic OH excluding ortho intramolecular Hbond substituents is 2. The molecular formula is C24H32N4O7. The number of carbonyl (C=O) groups is 3. The van der Waals surface area contributed by atoms with Crippen molar-refractivity contribution in [3.63, 3.8) is 0 Å². The van der Waals surface area contributed by atoms with Crippen molar-refractivity contribution in [3.05, 3.63) is 47.5 Å². The highest BCUT2D eigenvalue weighted by Gasteiger charge is 2.25. The summed E-state index contributed by atoms with van der Waals surface area (Å²) in [5.41, 5.74) is 13.2. The minimum Gasteiger partial charge on any atom is -0.508 e. The number of ether oxygens (including phenoxy) is 1. The fourth-order valence-corrected chi connectivity index (χ4v) is 3.29. The lowest BCUT2D eigenvalue weighted by molar-refractivity contribution is -0.145. The molecule has 0 aromatic heterocycles. The number of carbonyl (C=O) groups excluding carboxylic acids is 3. The smallest absolute Gasteiger partial charge is 0.328 e. The summed E-state index contributed by atoms with van der Waals surface area (Å²) in [6.45, 7) is 1.62. The number of rotatable bonds is 2. The van der Waals surface area contributed by atoms with Crippen molar-refractivity contribution < 1.29 is 34.4 Å². The first-order chi connectivity index (χ1) is 16.5. The minimum absolute atomic E-state index is 0.00573. The van der Waals surface area contributed by atoms with Crippen LogP contribution in [-0.2, 0) is 32.0 Å². The Morgan fingerprint density at radius 1 is 1.09 bits per heavy atom. The number of methoxy groups -OCH3 is 1. The van der Waals surface area contributed by atoms with Gasteiger partial charge in [0.05, 0.1) is 25.8 Å². The highest BCUT2D eigenvalue weighted by Crippen LogP contribution is 2.30. The normalized spacial score (nSPS) is 19.0. The van der Waals surface area contributed by atoms with Crippen LogP contribution in [0.4, 0.5) is 0 Å². The van der Waals surface area contributed by atoms with Crippen molar-refractivity contribution in [1.82, 2.24) is 10.6 Å². The molecule has 1 aliphatic heterocycles. The highest BCUT2D eigenvalue weighted by atomic mass is 16.5. The largest absolute Gasteiger partial charge is 0.508 e. The van der Waals surface area contributed by atoms with Crippen molar-refractivity contribution in [2.75, 3.05) is 20.2 Å². The van der Waals surface area contributed by atoms with Crippen LogP contribution in [0.5, 0.6) is 11.5 Å². The van der Waals surface area contributed by atoms with E-state index >= 15 is 0 Å². The number of fused-ring (bicyclic) bond motifs is 5. The monoisotopic (exact) mass is 488 g/mol. The number of phenols is 2. The standard InChI is InChI=1S/C21H23N3O6.C3H9NO/c1-30-21(29)16-9-14-7-12(3-5-18(14)26)11-2-4-17(25)13(6-11)8-15(22)20(28)23-10-19(27)24-16;1-3(5)2-4/h2-7,15-16,25-26H,8-10,22H2,1H3,(H,23,28)(H,24,27);3,5H,2,4H2,1H3/t15?,16-;/m0./s1. The van der Waals surface area contributed by atoms with Crippen LogP contribution in [0.3, 0.4) is 0 Å². The molecule has 1 heterocycles. The molecule has 0 saturated heterocycles. The summed E-state index contributed by atoms with van der Waals surface area (Å²) < 4.78 is 4.76. The van der Waals surface area contributed by atoms with E-state index in [-0.39, 0.29) is 30.4 Å². The average molecular weight is 489 g/mol. The molecular weight excluding hydrogens is 456 g/mol. The van der Waals surface area contributed by atoms with Gasteiger partial charge in [-0.05, 0) is 53.4 Å². The van der Waals surface area contributed by atoms with Gasteiger partial charge in [-0.3, -0.25) is 9.59 Å². The molecule has 2 aromatic rings. The zero-order valence-electron chi connectivity index (χ0n) is 19.7. The number of aliphatic hydroxyl groups excluding tert-OH is 1. The van der Waals surface area contributed by atoms with Gasteiger partial charge in [-0.25, -0.2) is 4.79 Å².